The van der Waals surface area contributed by atoms with E-state index in [1.54, 1.807) is 0 Å². The van der Waals surface area contributed by atoms with Gasteiger partial charge in [-0.25, -0.2) is 0 Å². The molecule has 108 valence electrons. The average Bonchev–Trinajstić information content (AvgIpc) is 2.95. The van der Waals surface area contributed by atoms with Gasteiger partial charge in [-0.3, -0.25) is 9.59 Å². The molecule has 8 heteroatoms. The highest BCUT2D eigenvalue weighted by molar-refractivity contribution is 5.91. The van der Waals surface area contributed by atoms with Gasteiger partial charge in [0.15, 0.2) is 0 Å². The van der Waals surface area contributed by atoms with E-state index in [4.69, 9.17) is 10.2 Å². The van der Waals surface area contributed by atoms with Crippen LogP contribution >= 0.6 is 0 Å². The van der Waals surface area contributed by atoms with Gasteiger partial charge in [0.05, 0.1) is 19.3 Å². The first-order chi connectivity index (χ1) is 9.12. The maximum Gasteiger partial charge on any atom is 0.245 e. The van der Waals surface area contributed by atoms with Gasteiger partial charge in [-0.15, -0.1) is 0 Å². The molecule has 2 amide bonds. The average molecular weight is 273 g/mol. The molecular formula is C11H19N3O5. The Bertz CT molecular complexity index is 330. The molecule has 1 heterocycles. The summed E-state index contributed by atoms with van der Waals surface area (Å²) in [7, 11) is 0. The quantitative estimate of drug-likeness (QED) is 0.312. The van der Waals surface area contributed by atoms with Gasteiger partial charge >= 0.3 is 0 Å². The predicted octanol–water partition coefficient (Wildman–Crippen LogP) is -3.11. The summed E-state index contributed by atoms with van der Waals surface area (Å²) in [5.41, 5.74) is 0. The first-order valence-electron chi connectivity index (χ1n) is 6.13. The zero-order valence-electron chi connectivity index (χ0n) is 10.5. The van der Waals surface area contributed by atoms with Crippen LogP contribution in [-0.2, 0) is 14.4 Å². The molecule has 0 aliphatic carbocycles. The molecular weight excluding hydrogens is 254 g/mol. The molecule has 1 aliphatic heterocycles. The van der Waals surface area contributed by atoms with Crippen molar-refractivity contribution in [2.75, 3.05) is 19.8 Å². The van der Waals surface area contributed by atoms with Crippen LogP contribution in [-0.4, -0.2) is 66.2 Å². The molecule has 1 rings (SSSR count). The smallest absolute Gasteiger partial charge is 0.245 e. The Kier molecular flexibility index (Phi) is 6.40. The number of aliphatic hydroxyl groups is 2. The fourth-order valence-electron chi connectivity index (χ4n) is 1.78. The summed E-state index contributed by atoms with van der Waals surface area (Å²) in [6.45, 7) is -0.376. The van der Waals surface area contributed by atoms with Crippen LogP contribution in [0.3, 0.4) is 0 Å². The summed E-state index contributed by atoms with van der Waals surface area (Å²) in [5.74, 6) is -1.07. The highest BCUT2D eigenvalue weighted by atomic mass is 16.3. The van der Waals surface area contributed by atoms with Crippen molar-refractivity contribution in [3.8, 4) is 0 Å². The third-order valence-corrected chi connectivity index (χ3v) is 2.88. The Morgan fingerprint density at radius 1 is 1.32 bits per heavy atom. The molecule has 0 saturated carbocycles. The SMILES string of the molecule is O=C[C@H](CO)NC(=O)[C@H](CO)NC(=O)[C@@H]1CCCN1. The molecule has 1 saturated heterocycles. The predicted molar refractivity (Wildman–Crippen MR) is 65.1 cm³/mol. The second-order valence-electron chi connectivity index (χ2n) is 4.33. The Balaban J connectivity index is 2.49. The van der Waals surface area contributed by atoms with Gasteiger partial charge in [-0.2, -0.15) is 0 Å². The van der Waals surface area contributed by atoms with E-state index in [1.807, 2.05) is 0 Å². The zero-order chi connectivity index (χ0) is 14.3. The first-order valence-corrected chi connectivity index (χ1v) is 6.13. The molecule has 0 radical (unpaired) electrons. The van der Waals surface area contributed by atoms with Crippen LogP contribution in [0.1, 0.15) is 12.8 Å². The van der Waals surface area contributed by atoms with Crippen molar-refractivity contribution in [3.63, 3.8) is 0 Å². The number of hydrogen-bond donors (Lipinski definition) is 5. The third-order valence-electron chi connectivity index (χ3n) is 2.88. The van der Waals surface area contributed by atoms with Crippen LogP contribution in [0.15, 0.2) is 0 Å². The molecule has 19 heavy (non-hydrogen) atoms. The fraction of sp³-hybridized carbons (Fsp3) is 0.727. The number of carbonyl (C=O) groups excluding carboxylic acids is 3. The number of hydrogen-bond acceptors (Lipinski definition) is 6. The standard InChI is InChI=1S/C11H19N3O5/c15-4-7(5-16)13-11(19)9(6-17)14-10(18)8-2-1-3-12-8/h4,7-9,12,16-17H,1-3,5-6H2,(H,13,19)(H,14,18)/t7-,8+,9+/m1/s1. The van der Waals surface area contributed by atoms with Gasteiger partial charge < -0.3 is 31.0 Å². The fourth-order valence-corrected chi connectivity index (χ4v) is 1.78. The first kappa shape index (κ1) is 15.5. The Morgan fingerprint density at radius 2 is 2.05 bits per heavy atom. The normalized spacial score (nSPS) is 21.5. The lowest BCUT2D eigenvalue weighted by Gasteiger charge is -2.20. The Hall–Kier alpha value is -1.51. The Morgan fingerprint density at radius 3 is 2.53 bits per heavy atom. The molecule has 0 spiro atoms. The number of aldehydes is 1. The number of amides is 2. The number of nitrogens with one attached hydrogen (secondary N) is 3. The maximum atomic E-state index is 11.8. The van der Waals surface area contributed by atoms with Gasteiger partial charge in [-0.05, 0) is 19.4 Å². The van der Waals surface area contributed by atoms with Crippen LogP contribution in [0.2, 0.25) is 0 Å². The van der Waals surface area contributed by atoms with Crippen LogP contribution in [0, 0.1) is 0 Å². The van der Waals surface area contributed by atoms with Crippen molar-refractivity contribution in [2.24, 2.45) is 0 Å². The lowest BCUT2D eigenvalue weighted by molar-refractivity contribution is -0.132. The van der Waals surface area contributed by atoms with E-state index in [-0.39, 0.29) is 11.9 Å². The minimum absolute atomic E-state index is 0.360. The van der Waals surface area contributed by atoms with Crippen molar-refractivity contribution in [1.82, 2.24) is 16.0 Å². The van der Waals surface area contributed by atoms with Crippen molar-refractivity contribution in [2.45, 2.75) is 31.0 Å². The second kappa shape index (κ2) is 7.82. The number of aliphatic hydroxyl groups excluding tert-OH is 2. The van der Waals surface area contributed by atoms with E-state index < -0.39 is 31.2 Å². The van der Waals surface area contributed by atoms with Crippen LogP contribution in [0.5, 0.6) is 0 Å². The van der Waals surface area contributed by atoms with Crippen LogP contribution in [0.25, 0.3) is 0 Å². The van der Waals surface area contributed by atoms with Gasteiger partial charge in [0.25, 0.3) is 0 Å². The summed E-state index contributed by atoms with van der Waals surface area (Å²) in [6.07, 6.45) is 1.94. The van der Waals surface area contributed by atoms with E-state index in [9.17, 15) is 14.4 Å². The molecule has 0 aromatic carbocycles. The van der Waals surface area contributed by atoms with Crippen LogP contribution < -0.4 is 16.0 Å². The highest BCUT2D eigenvalue weighted by Gasteiger charge is 2.27. The molecule has 0 aromatic heterocycles. The van der Waals surface area contributed by atoms with Gasteiger partial charge in [0, 0.05) is 0 Å². The van der Waals surface area contributed by atoms with Gasteiger partial charge in [-0.1, -0.05) is 0 Å². The minimum Gasteiger partial charge on any atom is -0.394 e. The van der Waals surface area contributed by atoms with Gasteiger partial charge in [0.2, 0.25) is 11.8 Å². The number of rotatable bonds is 7. The lowest BCUT2D eigenvalue weighted by atomic mass is 10.2. The van der Waals surface area contributed by atoms with Crippen molar-refractivity contribution < 1.29 is 24.6 Å². The van der Waals surface area contributed by atoms with E-state index >= 15 is 0 Å². The Labute approximate surface area is 110 Å². The van der Waals surface area contributed by atoms with E-state index in [0.717, 1.165) is 13.0 Å². The largest absolute Gasteiger partial charge is 0.394 e. The monoisotopic (exact) mass is 273 g/mol. The summed E-state index contributed by atoms with van der Waals surface area (Å²) in [6, 6.07) is -2.53. The minimum atomic E-state index is -1.14. The summed E-state index contributed by atoms with van der Waals surface area (Å²) >= 11 is 0. The van der Waals surface area contributed by atoms with E-state index in [1.165, 1.54) is 0 Å². The molecule has 5 N–H and O–H groups in total. The zero-order valence-corrected chi connectivity index (χ0v) is 10.5. The number of carbonyl (C=O) groups is 3. The molecule has 3 atom stereocenters. The maximum absolute atomic E-state index is 11.8. The van der Waals surface area contributed by atoms with E-state index in [2.05, 4.69) is 16.0 Å². The summed E-state index contributed by atoms with van der Waals surface area (Å²) < 4.78 is 0. The molecule has 0 unspecified atom stereocenters. The van der Waals surface area contributed by atoms with E-state index in [0.29, 0.717) is 12.7 Å². The summed E-state index contributed by atoms with van der Waals surface area (Å²) in [5, 5.41) is 25.5. The molecule has 0 bridgehead atoms. The lowest BCUT2D eigenvalue weighted by Crippen LogP contribution is -2.55. The van der Waals surface area contributed by atoms with Crippen molar-refractivity contribution in [3.05, 3.63) is 0 Å². The van der Waals surface area contributed by atoms with Crippen molar-refractivity contribution >= 4 is 18.1 Å². The van der Waals surface area contributed by atoms with Gasteiger partial charge in [0.1, 0.15) is 18.4 Å². The summed E-state index contributed by atoms with van der Waals surface area (Å²) in [4.78, 5) is 33.9. The topological polar surface area (TPSA) is 128 Å². The molecule has 8 nitrogen and oxygen atoms in total. The molecule has 0 aromatic rings. The van der Waals surface area contributed by atoms with Crippen molar-refractivity contribution in [1.29, 1.82) is 0 Å². The molecule has 1 aliphatic rings. The second-order valence-corrected chi connectivity index (χ2v) is 4.33. The van der Waals surface area contributed by atoms with Crippen LogP contribution in [0.4, 0.5) is 0 Å². The third kappa shape index (κ3) is 4.58. The molecule has 1 fully saturated rings. The highest BCUT2D eigenvalue weighted by Crippen LogP contribution is 2.04.